The van der Waals surface area contributed by atoms with Crippen molar-refractivity contribution in [3.63, 3.8) is 0 Å². The lowest BCUT2D eigenvalue weighted by atomic mass is 10.1. The number of hydrogen-bond acceptors (Lipinski definition) is 6. The van der Waals surface area contributed by atoms with Crippen molar-refractivity contribution in [3.05, 3.63) is 88.5 Å². The molecule has 10 nitrogen and oxygen atoms in total. The number of aryl methyl sites for hydroxylation is 1. The fourth-order valence-corrected chi connectivity index (χ4v) is 3.86. The van der Waals surface area contributed by atoms with Gasteiger partial charge in [0.05, 0.1) is 23.9 Å². The van der Waals surface area contributed by atoms with Crippen molar-refractivity contribution in [2.24, 2.45) is 0 Å². The van der Waals surface area contributed by atoms with E-state index in [0.29, 0.717) is 17.8 Å². The first-order valence-corrected chi connectivity index (χ1v) is 11.8. The Labute approximate surface area is 215 Å². The molecule has 0 unspecified atom stereocenters. The maximum absolute atomic E-state index is 13.8. The third-order valence-corrected chi connectivity index (χ3v) is 5.90. The zero-order valence-corrected chi connectivity index (χ0v) is 20.3. The molecule has 13 heteroatoms. The summed E-state index contributed by atoms with van der Waals surface area (Å²) in [5.41, 5.74) is 0.745. The number of halogens is 3. The van der Waals surface area contributed by atoms with Gasteiger partial charge in [0.1, 0.15) is 11.5 Å². The van der Waals surface area contributed by atoms with Gasteiger partial charge in [0.25, 0.3) is 11.9 Å². The quantitative estimate of drug-likeness (QED) is 0.314. The average Bonchev–Trinajstić information content (AvgIpc) is 3.56. The number of carbonyl (C=O) groups excluding carboxylic acids is 1. The summed E-state index contributed by atoms with van der Waals surface area (Å²) in [6.45, 7) is 2.17. The number of aromatic carboxylic acids is 1. The first-order chi connectivity index (χ1) is 18.2. The molecule has 0 atom stereocenters. The number of nitrogens with one attached hydrogen (secondary N) is 1. The van der Waals surface area contributed by atoms with Crippen molar-refractivity contribution in [3.8, 4) is 0 Å². The molecule has 4 aromatic rings. The minimum absolute atomic E-state index is 0.0523. The zero-order valence-electron chi connectivity index (χ0n) is 20.3. The first-order valence-electron chi connectivity index (χ1n) is 11.8. The lowest BCUT2D eigenvalue weighted by Gasteiger charge is -2.20. The summed E-state index contributed by atoms with van der Waals surface area (Å²) in [7, 11) is 0. The molecule has 0 aliphatic heterocycles. The van der Waals surface area contributed by atoms with Gasteiger partial charge in [0.2, 0.25) is 0 Å². The molecule has 0 spiro atoms. The van der Waals surface area contributed by atoms with E-state index in [1.807, 2.05) is 6.92 Å². The molecule has 198 valence electrons. The lowest BCUT2D eigenvalue weighted by Crippen LogP contribution is -2.33. The molecule has 0 saturated heterocycles. The molecule has 1 amide bonds. The van der Waals surface area contributed by atoms with E-state index in [1.165, 1.54) is 35.4 Å². The normalized spacial score (nSPS) is 11.5. The number of anilines is 1. The van der Waals surface area contributed by atoms with Crippen LogP contribution in [0, 0.1) is 0 Å². The number of alkyl halides is 3. The van der Waals surface area contributed by atoms with Gasteiger partial charge < -0.3 is 9.67 Å². The maximum atomic E-state index is 13.8. The first kappa shape index (κ1) is 26.5. The molecule has 38 heavy (non-hydrogen) atoms. The monoisotopic (exact) mass is 527 g/mol. The summed E-state index contributed by atoms with van der Waals surface area (Å²) in [6.07, 6.45) is -0.683. The number of H-pyrrole nitrogens is 1. The number of carboxylic acids is 1. The van der Waals surface area contributed by atoms with E-state index in [4.69, 9.17) is 0 Å². The molecule has 0 aliphatic carbocycles. The molecule has 0 radical (unpaired) electrons. The standard InChI is InChI=1S/C25H24F3N7O3/c1-2-3-4-21-29-13-20(34(21)14-16-5-9-18(10-6-16)23(37)38)22(36)35(24-30-32-33-31-24)15-17-7-11-19(12-8-17)25(26,27)28/h5-13H,2-4,14-15H2,1H3,(H,37,38)(H,30,31,32,33). The number of carbonyl (C=O) groups is 2. The van der Waals surface area contributed by atoms with Crippen LogP contribution in [0.4, 0.5) is 19.1 Å². The third-order valence-electron chi connectivity index (χ3n) is 5.90. The van der Waals surface area contributed by atoms with Crippen molar-refractivity contribution < 1.29 is 27.9 Å². The smallest absolute Gasteiger partial charge is 0.416 e. The minimum atomic E-state index is -4.48. The Morgan fingerprint density at radius 1 is 1.05 bits per heavy atom. The molecule has 0 fully saturated rings. The van der Waals surface area contributed by atoms with Gasteiger partial charge in [0.15, 0.2) is 0 Å². The molecule has 2 N–H and O–H groups in total. The van der Waals surface area contributed by atoms with Gasteiger partial charge in [-0.15, -0.1) is 5.10 Å². The van der Waals surface area contributed by atoms with Crippen LogP contribution in [0.15, 0.2) is 54.7 Å². The van der Waals surface area contributed by atoms with Crippen molar-refractivity contribution in [2.75, 3.05) is 4.90 Å². The Bertz CT molecular complexity index is 1380. The van der Waals surface area contributed by atoms with Gasteiger partial charge in [-0.05, 0) is 47.0 Å². The van der Waals surface area contributed by atoms with Crippen LogP contribution in [0.1, 0.15) is 63.1 Å². The van der Waals surface area contributed by atoms with Crippen LogP contribution in [-0.2, 0) is 25.7 Å². The summed E-state index contributed by atoms with van der Waals surface area (Å²) in [5.74, 6) is -0.954. The van der Waals surface area contributed by atoms with Crippen molar-refractivity contribution in [1.29, 1.82) is 0 Å². The zero-order chi connectivity index (χ0) is 27.3. The lowest BCUT2D eigenvalue weighted by molar-refractivity contribution is -0.137. The van der Waals surface area contributed by atoms with Crippen molar-refractivity contribution in [1.82, 2.24) is 30.2 Å². The van der Waals surface area contributed by atoms with E-state index in [2.05, 4.69) is 25.6 Å². The highest BCUT2D eigenvalue weighted by molar-refractivity contribution is 6.03. The number of carboxylic acid groups (broad SMARTS) is 1. The number of hydrogen-bond donors (Lipinski definition) is 2. The molecule has 2 heterocycles. The van der Waals surface area contributed by atoms with Gasteiger partial charge in [0, 0.05) is 13.0 Å². The highest BCUT2D eigenvalue weighted by atomic mass is 19.4. The number of unbranched alkanes of at least 4 members (excludes halogenated alkanes) is 1. The Hall–Kier alpha value is -4.55. The predicted molar refractivity (Wildman–Crippen MR) is 129 cm³/mol. The number of imidazole rings is 1. The Morgan fingerprint density at radius 2 is 1.74 bits per heavy atom. The molecular weight excluding hydrogens is 503 g/mol. The topological polar surface area (TPSA) is 130 Å². The van der Waals surface area contributed by atoms with Crippen LogP contribution in [0.3, 0.4) is 0 Å². The van der Waals surface area contributed by atoms with E-state index < -0.39 is 23.6 Å². The van der Waals surface area contributed by atoms with E-state index in [-0.39, 0.29) is 30.3 Å². The molecule has 0 saturated carbocycles. The molecule has 0 bridgehead atoms. The minimum Gasteiger partial charge on any atom is -0.478 e. The molecule has 2 aromatic carbocycles. The van der Waals surface area contributed by atoms with E-state index in [1.54, 1.807) is 16.7 Å². The second-order valence-corrected chi connectivity index (χ2v) is 8.55. The van der Waals surface area contributed by atoms with Crippen LogP contribution < -0.4 is 4.90 Å². The van der Waals surface area contributed by atoms with Crippen LogP contribution in [0.25, 0.3) is 0 Å². The number of amides is 1. The molecule has 2 aromatic heterocycles. The molecule has 0 aliphatic rings. The number of nitrogens with zero attached hydrogens (tertiary/aromatic N) is 6. The number of aromatic amines is 1. The molecule has 4 rings (SSSR count). The number of tetrazole rings is 1. The van der Waals surface area contributed by atoms with E-state index in [9.17, 15) is 27.9 Å². The Kier molecular flexibility index (Phi) is 7.84. The van der Waals surface area contributed by atoms with Crippen LogP contribution in [0.2, 0.25) is 0 Å². The van der Waals surface area contributed by atoms with Crippen LogP contribution >= 0.6 is 0 Å². The molecular formula is C25H24F3N7O3. The number of aromatic nitrogens is 6. The summed E-state index contributed by atoms with van der Waals surface area (Å²) in [6, 6.07) is 10.8. The van der Waals surface area contributed by atoms with E-state index >= 15 is 0 Å². The highest BCUT2D eigenvalue weighted by Crippen LogP contribution is 2.29. The predicted octanol–water partition coefficient (Wildman–Crippen LogP) is 4.35. The fourth-order valence-electron chi connectivity index (χ4n) is 3.86. The van der Waals surface area contributed by atoms with Crippen LogP contribution in [-0.4, -0.2) is 47.2 Å². The largest absolute Gasteiger partial charge is 0.478 e. The van der Waals surface area contributed by atoms with E-state index in [0.717, 1.165) is 30.5 Å². The fraction of sp³-hybridized carbons (Fsp3) is 0.280. The van der Waals surface area contributed by atoms with Gasteiger partial charge in [-0.2, -0.15) is 18.4 Å². The summed E-state index contributed by atoms with van der Waals surface area (Å²) >= 11 is 0. The van der Waals surface area contributed by atoms with Gasteiger partial charge in [-0.1, -0.05) is 42.7 Å². The second-order valence-electron chi connectivity index (χ2n) is 8.55. The Balaban J connectivity index is 1.67. The van der Waals surface area contributed by atoms with Gasteiger partial charge >= 0.3 is 12.1 Å². The van der Waals surface area contributed by atoms with Crippen molar-refractivity contribution in [2.45, 2.75) is 45.5 Å². The summed E-state index contributed by atoms with van der Waals surface area (Å²) < 4.78 is 40.7. The summed E-state index contributed by atoms with van der Waals surface area (Å²) in [5, 5.41) is 22.8. The second kappa shape index (κ2) is 11.2. The van der Waals surface area contributed by atoms with Gasteiger partial charge in [-0.25, -0.2) is 9.78 Å². The SMILES string of the molecule is CCCCc1ncc(C(=O)N(Cc2ccc(C(F)(F)F)cc2)c2nn[nH]n2)n1Cc1ccc(C(=O)O)cc1. The maximum Gasteiger partial charge on any atom is 0.416 e. The number of benzene rings is 2. The van der Waals surface area contributed by atoms with Crippen LogP contribution in [0.5, 0.6) is 0 Å². The summed E-state index contributed by atoms with van der Waals surface area (Å²) in [4.78, 5) is 30.7. The van der Waals surface area contributed by atoms with Gasteiger partial charge in [-0.3, -0.25) is 9.69 Å². The average molecular weight is 528 g/mol. The Morgan fingerprint density at radius 3 is 2.32 bits per heavy atom. The van der Waals surface area contributed by atoms with Crippen molar-refractivity contribution >= 4 is 17.8 Å². The third kappa shape index (κ3) is 6.05. The number of rotatable bonds is 10. The highest BCUT2D eigenvalue weighted by Gasteiger charge is 2.31.